The van der Waals surface area contributed by atoms with E-state index in [4.69, 9.17) is 4.42 Å². The number of furan rings is 1. The average Bonchev–Trinajstić information content (AvgIpc) is 3.09. The van der Waals surface area contributed by atoms with Crippen molar-refractivity contribution in [3.63, 3.8) is 0 Å². The number of fused-ring (bicyclic) bond motifs is 2. The van der Waals surface area contributed by atoms with Crippen LogP contribution in [0.5, 0.6) is 0 Å². The minimum Gasteiger partial charge on any atom is -0.451 e. The monoisotopic (exact) mass is 358 g/mol. The zero-order valence-corrected chi connectivity index (χ0v) is 15.1. The predicted octanol–water partition coefficient (Wildman–Crippen LogP) is 4.57. The maximum Gasteiger partial charge on any atom is 0.291 e. The summed E-state index contributed by atoms with van der Waals surface area (Å²) in [5.74, 6) is 1.60. The van der Waals surface area contributed by atoms with Crippen molar-refractivity contribution in [3.8, 4) is 11.3 Å². The lowest BCUT2D eigenvalue weighted by molar-refractivity contribution is 0.0997. The van der Waals surface area contributed by atoms with E-state index in [0.29, 0.717) is 18.1 Å². The Morgan fingerprint density at radius 1 is 0.926 bits per heavy atom. The molecule has 136 valence electrons. The summed E-state index contributed by atoms with van der Waals surface area (Å²) in [5, 5.41) is 6.45. The average molecular weight is 358 g/mol. The van der Waals surface area contributed by atoms with Crippen molar-refractivity contribution < 1.29 is 9.21 Å². The third kappa shape index (κ3) is 3.06. The van der Waals surface area contributed by atoms with E-state index in [1.807, 2.05) is 36.4 Å². The van der Waals surface area contributed by atoms with Gasteiger partial charge < -0.3 is 15.1 Å². The molecular formula is C23H22N2O2. The molecule has 4 nitrogen and oxygen atoms in total. The van der Waals surface area contributed by atoms with Crippen molar-refractivity contribution in [2.24, 2.45) is 0 Å². The van der Waals surface area contributed by atoms with Crippen molar-refractivity contribution in [1.82, 2.24) is 5.32 Å². The molecule has 0 unspecified atom stereocenters. The lowest BCUT2D eigenvalue weighted by Crippen LogP contribution is -2.26. The first-order valence-electron chi connectivity index (χ1n) is 9.61. The van der Waals surface area contributed by atoms with E-state index in [0.717, 1.165) is 35.7 Å². The van der Waals surface area contributed by atoms with Gasteiger partial charge in [0.25, 0.3) is 5.91 Å². The molecule has 2 aromatic carbocycles. The number of carbonyl (C=O) groups excluding carboxylic acids is 1. The van der Waals surface area contributed by atoms with Gasteiger partial charge in [0.05, 0.1) is 0 Å². The van der Waals surface area contributed by atoms with Crippen LogP contribution in [0.2, 0.25) is 0 Å². The first-order valence-corrected chi connectivity index (χ1v) is 9.61. The predicted molar refractivity (Wildman–Crippen MR) is 106 cm³/mol. The fraction of sp³-hybridized carbons (Fsp3) is 0.261. The topological polar surface area (TPSA) is 54.3 Å². The number of carbonyl (C=O) groups is 1. The van der Waals surface area contributed by atoms with Gasteiger partial charge >= 0.3 is 0 Å². The summed E-state index contributed by atoms with van der Waals surface area (Å²) in [6.45, 7) is 2.15. The minimum absolute atomic E-state index is 0.166. The molecule has 0 bridgehead atoms. The standard InChI is InChI=1S/C23H22N2O2/c26-23-22-19(14-21(27-22)16-4-2-1-3-5-16)13-18-12-17(6-7-20(18)25-23)15-8-10-24-11-9-15/h1-7,12,14-15,24H,8-11,13H2,(H,25,26). The number of benzene rings is 2. The lowest BCUT2D eigenvalue weighted by atomic mass is 9.88. The molecule has 0 atom stereocenters. The van der Waals surface area contributed by atoms with E-state index >= 15 is 0 Å². The van der Waals surface area contributed by atoms with Gasteiger partial charge in [-0.25, -0.2) is 0 Å². The molecule has 4 heteroatoms. The van der Waals surface area contributed by atoms with E-state index in [2.05, 4.69) is 28.8 Å². The Hall–Kier alpha value is -2.85. The first-order chi connectivity index (χ1) is 13.3. The van der Waals surface area contributed by atoms with Crippen molar-refractivity contribution in [2.75, 3.05) is 18.4 Å². The van der Waals surface area contributed by atoms with Gasteiger partial charge in [0.15, 0.2) is 5.76 Å². The fourth-order valence-electron chi connectivity index (χ4n) is 4.17. The molecule has 1 aromatic heterocycles. The van der Waals surface area contributed by atoms with Crippen molar-refractivity contribution in [3.05, 3.63) is 77.0 Å². The fourth-order valence-corrected chi connectivity index (χ4v) is 4.17. The molecular weight excluding hydrogens is 336 g/mol. The largest absolute Gasteiger partial charge is 0.451 e. The number of amides is 1. The van der Waals surface area contributed by atoms with Gasteiger partial charge in [-0.1, -0.05) is 42.5 Å². The van der Waals surface area contributed by atoms with Gasteiger partial charge in [-0.2, -0.15) is 0 Å². The summed E-state index contributed by atoms with van der Waals surface area (Å²) in [7, 11) is 0. The van der Waals surface area contributed by atoms with Crippen LogP contribution in [0.15, 0.2) is 59.0 Å². The number of anilines is 1. The molecule has 2 aliphatic rings. The summed E-state index contributed by atoms with van der Waals surface area (Å²) in [6, 6.07) is 18.4. The number of piperidine rings is 1. The van der Waals surface area contributed by atoms with Crippen LogP contribution in [-0.4, -0.2) is 19.0 Å². The highest BCUT2D eigenvalue weighted by Gasteiger charge is 2.25. The molecule has 3 aromatic rings. The van der Waals surface area contributed by atoms with Gasteiger partial charge in [-0.05, 0) is 55.1 Å². The van der Waals surface area contributed by atoms with Gasteiger partial charge in [0.1, 0.15) is 5.76 Å². The lowest BCUT2D eigenvalue weighted by Gasteiger charge is -2.24. The second-order valence-electron chi connectivity index (χ2n) is 7.40. The summed E-state index contributed by atoms with van der Waals surface area (Å²) in [5.41, 5.74) is 5.37. The second-order valence-corrected chi connectivity index (χ2v) is 7.40. The summed E-state index contributed by atoms with van der Waals surface area (Å²) >= 11 is 0. The molecule has 0 aliphatic carbocycles. The van der Waals surface area contributed by atoms with E-state index < -0.39 is 0 Å². The van der Waals surface area contributed by atoms with Crippen LogP contribution in [0.3, 0.4) is 0 Å². The molecule has 0 spiro atoms. The van der Waals surface area contributed by atoms with E-state index in [1.54, 1.807) is 0 Å². The summed E-state index contributed by atoms with van der Waals surface area (Å²) in [4.78, 5) is 12.7. The molecule has 5 rings (SSSR count). The van der Waals surface area contributed by atoms with Gasteiger partial charge in [-0.15, -0.1) is 0 Å². The van der Waals surface area contributed by atoms with E-state index in [9.17, 15) is 4.79 Å². The zero-order chi connectivity index (χ0) is 18.2. The van der Waals surface area contributed by atoms with Gasteiger partial charge in [0, 0.05) is 23.2 Å². The van der Waals surface area contributed by atoms with E-state index in [-0.39, 0.29) is 5.91 Å². The van der Waals surface area contributed by atoms with Crippen molar-refractivity contribution in [1.29, 1.82) is 0 Å². The molecule has 1 amide bonds. The number of hydrogen-bond donors (Lipinski definition) is 2. The van der Waals surface area contributed by atoms with Crippen LogP contribution in [0.4, 0.5) is 5.69 Å². The second kappa shape index (κ2) is 6.71. The maximum atomic E-state index is 12.7. The molecule has 1 fully saturated rings. The molecule has 2 N–H and O–H groups in total. The molecule has 1 saturated heterocycles. The smallest absolute Gasteiger partial charge is 0.291 e. The normalized spacial score (nSPS) is 17.0. The molecule has 3 heterocycles. The molecule has 0 radical (unpaired) electrons. The number of rotatable bonds is 2. The molecule has 0 saturated carbocycles. The van der Waals surface area contributed by atoms with Crippen LogP contribution >= 0.6 is 0 Å². The van der Waals surface area contributed by atoms with Crippen LogP contribution in [0.1, 0.15) is 46.0 Å². The number of hydrogen-bond acceptors (Lipinski definition) is 3. The molecule has 27 heavy (non-hydrogen) atoms. The van der Waals surface area contributed by atoms with Gasteiger partial charge in [0.2, 0.25) is 0 Å². The van der Waals surface area contributed by atoms with Crippen molar-refractivity contribution in [2.45, 2.75) is 25.2 Å². The van der Waals surface area contributed by atoms with Crippen LogP contribution in [0, 0.1) is 0 Å². The highest BCUT2D eigenvalue weighted by atomic mass is 16.4. The Kier molecular flexibility index (Phi) is 4.06. The molecule has 2 aliphatic heterocycles. The minimum atomic E-state index is -0.166. The quantitative estimate of drug-likeness (QED) is 0.705. The Morgan fingerprint density at radius 2 is 1.74 bits per heavy atom. The Balaban J connectivity index is 1.51. The SMILES string of the molecule is O=C1Nc2ccc(C3CCNCC3)cc2Cc2cc(-c3ccccc3)oc21. The summed E-state index contributed by atoms with van der Waals surface area (Å²) in [6.07, 6.45) is 3.04. The van der Waals surface area contributed by atoms with Gasteiger partial charge in [-0.3, -0.25) is 4.79 Å². The van der Waals surface area contributed by atoms with Crippen LogP contribution in [0.25, 0.3) is 11.3 Å². The van der Waals surface area contributed by atoms with Crippen LogP contribution < -0.4 is 10.6 Å². The summed E-state index contributed by atoms with van der Waals surface area (Å²) < 4.78 is 5.94. The first kappa shape index (κ1) is 16.3. The zero-order valence-electron chi connectivity index (χ0n) is 15.1. The highest BCUT2D eigenvalue weighted by Crippen LogP contribution is 2.35. The maximum absolute atomic E-state index is 12.7. The Bertz CT molecular complexity index is 985. The Labute approximate surface area is 158 Å². The Morgan fingerprint density at radius 3 is 2.56 bits per heavy atom. The van der Waals surface area contributed by atoms with Crippen molar-refractivity contribution >= 4 is 11.6 Å². The van der Waals surface area contributed by atoms with Crippen LogP contribution in [-0.2, 0) is 6.42 Å². The number of nitrogens with one attached hydrogen (secondary N) is 2. The third-order valence-corrected chi connectivity index (χ3v) is 5.64. The third-order valence-electron chi connectivity index (χ3n) is 5.64. The highest BCUT2D eigenvalue weighted by molar-refractivity contribution is 6.05. The van der Waals surface area contributed by atoms with E-state index in [1.165, 1.54) is 24.0 Å².